The van der Waals surface area contributed by atoms with Crippen LogP contribution in [0.25, 0.3) is 21.2 Å². The molecule has 8 nitrogen and oxygen atoms in total. The molecule has 0 atom stereocenters. The number of nitrogens with zero attached hydrogens (tertiary/aromatic N) is 2. The van der Waals surface area contributed by atoms with E-state index in [9.17, 15) is 16.8 Å². The Kier molecular flexibility index (Phi) is 4.17. The molecule has 0 spiro atoms. The standard InChI is InChI=1S/C16H13N3O5S3/c1-26(20,21)10-6-7-12-15(8-10)25-16(17-12)19-27(22,23)9-13-11-4-2-3-5-14(11)24-18-13/h2-8H,9H2,1H3,(H,17,19). The number of benzene rings is 2. The molecule has 0 bridgehead atoms. The summed E-state index contributed by atoms with van der Waals surface area (Å²) in [7, 11) is -7.13. The number of aromatic nitrogens is 2. The highest BCUT2D eigenvalue weighted by Gasteiger charge is 2.19. The second kappa shape index (κ2) is 6.29. The number of rotatable bonds is 5. The molecule has 0 unspecified atom stereocenters. The fourth-order valence-corrected chi connectivity index (χ4v) is 5.55. The van der Waals surface area contributed by atoms with Crippen molar-refractivity contribution in [2.24, 2.45) is 0 Å². The Balaban J connectivity index is 1.62. The molecule has 2 aromatic carbocycles. The topological polar surface area (TPSA) is 119 Å². The minimum absolute atomic E-state index is 0.155. The van der Waals surface area contributed by atoms with E-state index in [-0.39, 0.29) is 15.8 Å². The third kappa shape index (κ3) is 3.66. The molecular weight excluding hydrogens is 410 g/mol. The fraction of sp³-hybridized carbons (Fsp3) is 0.125. The Bertz CT molecular complexity index is 1370. The Morgan fingerprint density at radius 3 is 2.67 bits per heavy atom. The molecule has 0 aliphatic rings. The molecule has 0 fully saturated rings. The minimum atomic E-state index is -3.78. The molecule has 0 amide bonds. The lowest BCUT2D eigenvalue weighted by Gasteiger charge is -2.02. The van der Waals surface area contributed by atoms with Gasteiger partial charge in [0, 0.05) is 11.6 Å². The number of nitrogens with one attached hydrogen (secondary N) is 1. The monoisotopic (exact) mass is 423 g/mol. The van der Waals surface area contributed by atoms with Crippen LogP contribution in [0.2, 0.25) is 0 Å². The van der Waals surface area contributed by atoms with E-state index in [1.165, 1.54) is 12.1 Å². The van der Waals surface area contributed by atoms with Crippen LogP contribution in [0.15, 0.2) is 51.9 Å². The predicted molar refractivity (Wildman–Crippen MR) is 103 cm³/mol. The number of fused-ring (bicyclic) bond motifs is 2. The molecule has 0 saturated carbocycles. The van der Waals surface area contributed by atoms with E-state index in [1.807, 2.05) is 0 Å². The van der Waals surface area contributed by atoms with Gasteiger partial charge in [-0.25, -0.2) is 21.8 Å². The highest BCUT2D eigenvalue weighted by atomic mass is 32.2. The van der Waals surface area contributed by atoms with Crippen LogP contribution in [0.3, 0.4) is 0 Å². The normalized spacial score (nSPS) is 12.6. The van der Waals surface area contributed by atoms with Gasteiger partial charge in [-0.2, -0.15) is 0 Å². The van der Waals surface area contributed by atoms with Crippen molar-refractivity contribution in [1.82, 2.24) is 10.1 Å². The summed E-state index contributed by atoms with van der Waals surface area (Å²) >= 11 is 1.06. The number of sulfone groups is 1. The lowest BCUT2D eigenvalue weighted by Crippen LogP contribution is -2.15. The maximum absolute atomic E-state index is 12.5. The molecule has 27 heavy (non-hydrogen) atoms. The molecule has 2 aromatic heterocycles. The lowest BCUT2D eigenvalue weighted by molar-refractivity contribution is 0.448. The van der Waals surface area contributed by atoms with Crippen molar-refractivity contribution in [3.8, 4) is 0 Å². The van der Waals surface area contributed by atoms with Crippen molar-refractivity contribution in [2.75, 3.05) is 11.0 Å². The van der Waals surface area contributed by atoms with Crippen LogP contribution in [-0.2, 0) is 25.6 Å². The van der Waals surface area contributed by atoms with Gasteiger partial charge in [0.1, 0.15) is 11.4 Å². The van der Waals surface area contributed by atoms with Crippen molar-refractivity contribution < 1.29 is 21.4 Å². The zero-order valence-electron chi connectivity index (χ0n) is 13.9. The van der Waals surface area contributed by atoms with Gasteiger partial charge < -0.3 is 4.52 Å². The zero-order valence-corrected chi connectivity index (χ0v) is 16.4. The van der Waals surface area contributed by atoms with Gasteiger partial charge in [0.25, 0.3) is 0 Å². The molecule has 0 radical (unpaired) electrons. The first-order valence-corrected chi connectivity index (χ1v) is 12.0. The zero-order chi connectivity index (χ0) is 19.2. The van der Waals surface area contributed by atoms with Crippen LogP contribution in [-0.4, -0.2) is 33.2 Å². The SMILES string of the molecule is CS(=O)(=O)c1ccc2nc(NS(=O)(=O)Cc3noc4ccccc34)sc2c1. The molecule has 0 aliphatic heterocycles. The van der Waals surface area contributed by atoms with E-state index in [1.54, 1.807) is 30.3 Å². The smallest absolute Gasteiger partial charge is 0.240 e. The van der Waals surface area contributed by atoms with Gasteiger partial charge in [-0.3, -0.25) is 4.72 Å². The van der Waals surface area contributed by atoms with Gasteiger partial charge in [-0.05, 0) is 30.3 Å². The third-order valence-electron chi connectivity index (χ3n) is 3.81. The predicted octanol–water partition coefficient (Wildman–Crippen LogP) is 2.78. The van der Waals surface area contributed by atoms with Crippen LogP contribution >= 0.6 is 11.3 Å². The lowest BCUT2D eigenvalue weighted by atomic mass is 10.2. The van der Waals surface area contributed by atoms with Crippen molar-refractivity contribution in [3.05, 3.63) is 48.2 Å². The van der Waals surface area contributed by atoms with Crippen molar-refractivity contribution in [1.29, 1.82) is 0 Å². The Labute approximate surface area is 158 Å². The van der Waals surface area contributed by atoms with Crippen LogP contribution in [0.4, 0.5) is 5.13 Å². The number of hydrogen-bond acceptors (Lipinski definition) is 8. The van der Waals surface area contributed by atoms with Gasteiger partial charge in [0.05, 0.1) is 15.1 Å². The first-order valence-electron chi connectivity index (χ1n) is 7.66. The quantitative estimate of drug-likeness (QED) is 0.524. The summed E-state index contributed by atoms with van der Waals surface area (Å²) < 4.78 is 56.4. The van der Waals surface area contributed by atoms with Crippen LogP contribution in [0.5, 0.6) is 0 Å². The average molecular weight is 423 g/mol. The summed E-state index contributed by atoms with van der Waals surface area (Å²) in [5.41, 5.74) is 1.33. The van der Waals surface area contributed by atoms with Gasteiger partial charge in [-0.1, -0.05) is 28.6 Å². The molecular formula is C16H13N3O5S3. The highest BCUT2D eigenvalue weighted by Crippen LogP contribution is 2.29. The molecule has 11 heteroatoms. The first kappa shape index (κ1) is 17.9. The number of anilines is 1. The third-order valence-corrected chi connectivity index (χ3v) is 7.14. The highest BCUT2D eigenvalue weighted by molar-refractivity contribution is 7.92. The molecule has 4 aromatic rings. The van der Waals surface area contributed by atoms with Crippen molar-refractivity contribution >= 4 is 57.5 Å². The number of hydrogen-bond donors (Lipinski definition) is 1. The van der Waals surface area contributed by atoms with Crippen LogP contribution < -0.4 is 4.72 Å². The second-order valence-electron chi connectivity index (χ2n) is 5.91. The summed E-state index contributed by atoms with van der Waals surface area (Å²) in [6.07, 6.45) is 1.11. The summed E-state index contributed by atoms with van der Waals surface area (Å²) in [6.45, 7) is 0. The number of para-hydroxylation sites is 1. The Morgan fingerprint density at radius 2 is 1.89 bits per heavy atom. The first-order chi connectivity index (χ1) is 12.7. The van der Waals surface area contributed by atoms with E-state index in [0.717, 1.165) is 17.6 Å². The Hall–Kier alpha value is -2.50. The molecule has 0 aliphatic carbocycles. The van der Waals surface area contributed by atoms with Gasteiger partial charge >= 0.3 is 0 Å². The van der Waals surface area contributed by atoms with Gasteiger partial charge in [0.15, 0.2) is 20.6 Å². The molecule has 2 heterocycles. The maximum atomic E-state index is 12.5. The van der Waals surface area contributed by atoms with Crippen molar-refractivity contribution in [2.45, 2.75) is 10.6 Å². The molecule has 1 N–H and O–H groups in total. The minimum Gasteiger partial charge on any atom is -0.356 e. The summed E-state index contributed by atoms with van der Waals surface area (Å²) in [6, 6.07) is 11.5. The average Bonchev–Trinajstić information content (AvgIpc) is 3.16. The largest absolute Gasteiger partial charge is 0.356 e. The second-order valence-corrected chi connectivity index (χ2v) is 10.7. The van der Waals surface area contributed by atoms with Gasteiger partial charge in [-0.15, -0.1) is 0 Å². The Morgan fingerprint density at radius 1 is 1.11 bits per heavy atom. The van der Waals surface area contributed by atoms with E-state index < -0.39 is 19.9 Å². The number of sulfonamides is 1. The molecule has 0 saturated heterocycles. The molecule has 4 rings (SSSR count). The van der Waals surface area contributed by atoms with Crippen LogP contribution in [0, 0.1) is 0 Å². The summed E-state index contributed by atoms with van der Waals surface area (Å²) in [4.78, 5) is 4.36. The summed E-state index contributed by atoms with van der Waals surface area (Å²) in [5.74, 6) is -0.367. The summed E-state index contributed by atoms with van der Waals surface area (Å²) in [5, 5.41) is 4.61. The van der Waals surface area contributed by atoms with E-state index in [2.05, 4.69) is 14.9 Å². The maximum Gasteiger partial charge on any atom is 0.240 e. The van der Waals surface area contributed by atoms with Crippen molar-refractivity contribution in [3.63, 3.8) is 0 Å². The van der Waals surface area contributed by atoms with E-state index >= 15 is 0 Å². The number of thiazole rings is 1. The van der Waals surface area contributed by atoms with E-state index in [0.29, 0.717) is 26.9 Å². The molecule has 140 valence electrons. The van der Waals surface area contributed by atoms with Crippen LogP contribution in [0.1, 0.15) is 5.69 Å². The fourth-order valence-electron chi connectivity index (χ4n) is 2.57. The van der Waals surface area contributed by atoms with E-state index in [4.69, 9.17) is 4.52 Å². The van der Waals surface area contributed by atoms with Gasteiger partial charge in [0.2, 0.25) is 10.0 Å².